The van der Waals surface area contributed by atoms with Crippen molar-refractivity contribution < 1.29 is 9.53 Å². The quantitative estimate of drug-likeness (QED) is 0.438. The lowest BCUT2D eigenvalue weighted by atomic mass is 10.3. The first kappa shape index (κ1) is 21.7. The largest absolute Gasteiger partial charge is 0.447 e. The smallest absolute Gasteiger partial charge is 0.414 e. The van der Waals surface area contributed by atoms with Gasteiger partial charge in [-0.25, -0.2) is 4.79 Å². The molecule has 24 heavy (non-hydrogen) atoms. The van der Waals surface area contributed by atoms with E-state index in [0.717, 1.165) is 6.42 Å². The summed E-state index contributed by atoms with van der Waals surface area (Å²) in [7, 11) is -4.20. The number of cyclic esters (lactones) is 1. The molecule has 1 rings (SSSR count). The van der Waals surface area contributed by atoms with E-state index >= 15 is 0 Å². The third-order valence-electron chi connectivity index (χ3n) is 5.39. The molecule has 7 heteroatoms. The van der Waals surface area contributed by atoms with Gasteiger partial charge in [0.1, 0.15) is 6.61 Å². The maximum atomic E-state index is 12.2. The number of rotatable bonds is 7. The Morgan fingerprint density at radius 1 is 1.04 bits per heavy atom. The van der Waals surface area contributed by atoms with Crippen molar-refractivity contribution in [2.45, 2.75) is 65.3 Å². The van der Waals surface area contributed by atoms with Gasteiger partial charge in [-0.15, -0.1) is 6.58 Å². The van der Waals surface area contributed by atoms with Crippen molar-refractivity contribution in [3.05, 3.63) is 24.1 Å². The third-order valence-corrected chi connectivity index (χ3v) is 76.4. The molecule has 0 N–H and O–H groups in total. The molecule has 0 bridgehead atoms. The fourth-order valence-electron chi connectivity index (χ4n) is 5.32. The number of hydrogen-bond acceptors (Lipinski definition) is 2. The fourth-order valence-corrected chi connectivity index (χ4v) is 101. The van der Waals surface area contributed by atoms with Crippen LogP contribution in [-0.2, 0) is 4.74 Å². The maximum absolute atomic E-state index is 12.2. The van der Waals surface area contributed by atoms with E-state index in [1.54, 1.807) is 0 Å². The SMILES string of the molecule is C=CC/C(=C/[Si]([Si](C)(C)C)([Si](C)(C)C)[Si](C)(C)C)N1CCOC1=O. The molecule has 1 heterocycles. The molecule has 0 aromatic heterocycles. The van der Waals surface area contributed by atoms with Crippen LogP contribution in [0, 0.1) is 0 Å². The van der Waals surface area contributed by atoms with E-state index in [1.807, 2.05) is 11.0 Å². The van der Waals surface area contributed by atoms with Gasteiger partial charge < -0.3 is 4.74 Å². The Bertz CT molecular complexity index is 488. The lowest BCUT2D eigenvalue weighted by Crippen LogP contribution is -2.82. The summed E-state index contributed by atoms with van der Waals surface area (Å²) in [6.07, 6.45) is 2.53. The Morgan fingerprint density at radius 3 is 1.79 bits per heavy atom. The van der Waals surface area contributed by atoms with E-state index in [-0.39, 0.29) is 6.09 Å². The van der Waals surface area contributed by atoms with Gasteiger partial charge >= 0.3 is 6.09 Å². The van der Waals surface area contributed by atoms with Crippen LogP contribution in [0.25, 0.3) is 0 Å². The van der Waals surface area contributed by atoms with E-state index in [0.29, 0.717) is 13.2 Å². The number of hydrogen-bond donors (Lipinski definition) is 0. The molecule has 138 valence electrons. The summed E-state index contributed by atoms with van der Waals surface area (Å²) in [5, 5.41) is 0. The van der Waals surface area contributed by atoms with Crippen LogP contribution in [0.5, 0.6) is 0 Å². The first-order valence-corrected chi connectivity index (χ1v) is 24.5. The molecule has 0 unspecified atom stereocenters. The second kappa shape index (κ2) is 7.09. The summed E-state index contributed by atoms with van der Waals surface area (Å²) in [6.45, 7) is 26.6. The molecule has 0 aromatic carbocycles. The van der Waals surface area contributed by atoms with Gasteiger partial charge in [0, 0.05) is 34.9 Å². The molecule has 0 aromatic rings. The minimum atomic E-state index is -1.64. The lowest BCUT2D eigenvalue weighted by molar-refractivity contribution is 0.164. The van der Waals surface area contributed by atoms with Crippen molar-refractivity contribution in [1.82, 2.24) is 4.90 Å². The number of carbonyl (C=O) groups is 1. The summed E-state index contributed by atoms with van der Waals surface area (Å²) >= 11 is 0. The zero-order valence-electron chi connectivity index (χ0n) is 17.2. The molecule has 0 spiro atoms. The number of ether oxygens (including phenoxy) is 1. The van der Waals surface area contributed by atoms with Crippen LogP contribution in [0.1, 0.15) is 6.42 Å². The summed E-state index contributed by atoms with van der Waals surface area (Å²) in [4.78, 5) is 14.1. The summed E-state index contributed by atoms with van der Waals surface area (Å²) < 4.78 is 5.23. The molecule has 0 saturated carbocycles. The molecule has 1 amide bonds. The minimum Gasteiger partial charge on any atom is -0.447 e. The van der Waals surface area contributed by atoms with E-state index < -0.39 is 29.4 Å². The van der Waals surface area contributed by atoms with E-state index in [1.165, 1.54) is 5.70 Å². The molecular weight excluding hydrogens is 363 g/mol. The summed E-state index contributed by atoms with van der Waals surface area (Å²) in [5.74, 6) is 0. The first-order chi connectivity index (χ1) is 10.7. The molecule has 1 aliphatic heterocycles. The highest BCUT2D eigenvalue weighted by Gasteiger charge is 2.60. The molecule has 1 fully saturated rings. The van der Waals surface area contributed by atoms with Crippen LogP contribution >= 0.6 is 0 Å². The van der Waals surface area contributed by atoms with Gasteiger partial charge in [0.05, 0.1) is 13.2 Å². The van der Waals surface area contributed by atoms with Gasteiger partial charge in [-0.05, 0) is 0 Å². The van der Waals surface area contributed by atoms with Crippen LogP contribution in [0.4, 0.5) is 4.79 Å². The fraction of sp³-hybridized carbons (Fsp3) is 0.706. The van der Waals surface area contributed by atoms with Crippen LogP contribution in [0.15, 0.2) is 24.1 Å². The van der Waals surface area contributed by atoms with Gasteiger partial charge in [-0.1, -0.05) is 70.7 Å². The Labute approximate surface area is 152 Å². The zero-order chi connectivity index (χ0) is 19.0. The average Bonchev–Trinajstić information content (AvgIpc) is 2.75. The second-order valence-corrected chi connectivity index (χ2v) is 50.5. The van der Waals surface area contributed by atoms with Gasteiger partial charge in [0.2, 0.25) is 0 Å². The predicted molar refractivity (Wildman–Crippen MR) is 117 cm³/mol. The molecule has 3 nitrogen and oxygen atoms in total. The first-order valence-electron chi connectivity index (χ1n) is 8.96. The normalized spacial score (nSPS) is 18.0. The Balaban J connectivity index is 3.68. The molecule has 1 aliphatic rings. The number of nitrogens with zero attached hydrogens (tertiary/aromatic N) is 1. The van der Waals surface area contributed by atoms with Crippen molar-refractivity contribution in [3.63, 3.8) is 0 Å². The average molecular weight is 400 g/mol. The van der Waals surface area contributed by atoms with Crippen LogP contribution in [0.3, 0.4) is 0 Å². The van der Waals surface area contributed by atoms with Crippen molar-refractivity contribution in [1.29, 1.82) is 0 Å². The molecule has 0 aliphatic carbocycles. The summed E-state index contributed by atoms with van der Waals surface area (Å²) in [6, 6.07) is 0. The van der Waals surface area contributed by atoms with Crippen LogP contribution in [0.2, 0.25) is 58.9 Å². The minimum absolute atomic E-state index is 0.173. The van der Waals surface area contributed by atoms with Gasteiger partial charge in [0.25, 0.3) is 0 Å². The lowest BCUT2D eigenvalue weighted by Gasteiger charge is -2.56. The van der Waals surface area contributed by atoms with Gasteiger partial charge in [-0.3, -0.25) is 4.90 Å². The summed E-state index contributed by atoms with van der Waals surface area (Å²) in [5.41, 5.74) is 3.85. The number of allylic oxidation sites excluding steroid dienone is 1. The second-order valence-electron chi connectivity index (χ2n) is 9.95. The highest BCUT2D eigenvalue weighted by Crippen LogP contribution is 2.39. The molecule has 0 atom stereocenters. The molecule has 1 saturated heterocycles. The highest BCUT2D eigenvalue weighted by atomic mass is 29.9. The number of amides is 1. The van der Waals surface area contributed by atoms with E-state index in [2.05, 4.69) is 71.2 Å². The predicted octanol–water partition coefficient (Wildman–Crippen LogP) is 5.14. The van der Waals surface area contributed by atoms with Crippen LogP contribution < -0.4 is 0 Å². The van der Waals surface area contributed by atoms with Gasteiger partial charge in [-0.2, -0.15) is 0 Å². The van der Waals surface area contributed by atoms with Crippen LogP contribution in [-0.4, -0.2) is 53.5 Å². The van der Waals surface area contributed by atoms with E-state index in [4.69, 9.17) is 4.74 Å². The van der Waals surface area contributed by atoms with Crippen molar-refractivity contribution in [2.24, 2.45) is 0 Å². The third kappa shape index (κ3) is 3.89. The van der Waals surface area contributed by atoms with Crippen molar-refractivity contribution >= 4 is 35.5 Å². The van der Waals surface area contributed by atoms with Crippen molar-refractivity contribution in [2.75, 3.05) is 13.2 Å². The molecular formula is C17H37NO2Si4. The highest BCUT2D eigenvalue weighted by molar-refractivity contribution is 7.90. The molecule has 0 radical (unpaired) electrons. The Hall–Kier alpha value is -0.382. The Kier molecular flexibility index (Phi) is 6.40. The van der Waals surface area contributed by atoms with E-state index in [9.17, 15) is 4.79 Å². The van der Waals surface area contributed by atoms with Gasteiger partial charge in [0.15, 0.2) is 0 Å². The van der Waals surface area contributed by atoms with Crippen molar-refractivity contribution in [3.8, 4) is 0 Å². The maximum Gasteiger partial charge on any atom is 0.414 e. The topological polar surface area (TPSA) is 29.5 Å². The monoisotopic (exact) mass is 399 g/mol. The number of carbonyl (C=O) groups excluding carboxylic acids is 1. The Morgan fingerprint density at radius 2 is 1.50 bits per heavy atom. The standard InChI is InChI=1S/C17H37NO2Si4/c1-11-12-16(18-13-14-20-17(18)19)15-24(21(2,3)4,22(5,6)7)23(8,9)10/h11,15H,1,12-14H2,2-10H3/b16-15-. The zero-order valence-corrected chi connectivity index (χ0v) is 21.2.